The number of rotatable bonds is 2. The number of hydrogen-bond acceptors (Lipinski definition) is 3. The molecule has 1 amide bonds. The van der Waals surface area contributed by atoms with E-state index < -0.39 is 0 Å². The van der Waals surface area contributed by atoms with E-state index in [-0.39, 0.29) is 23.0 Å². The molecule has 1 aliphatic heterocycles. The van der Waals surface area contributed by atoms with Gasteiger partial charge in [-0.1, -0.05) is 32.0 Å². The molecule has 0 fully saturated rings. The molecule has 0 bridgehead atoms. The first-order valence-corrected chi connectivity index (χ1v) is 7.60. The summed E-state index contributed by atoms with van der Waals surface area (Å²) in [5.41, 5.74) is 2.38. The minimum absolute atomic E-state index is 0.0276. The van der Waals surface area contributed by atoms with E-state index in [1.54, 1.807) is 7.11 Å². The van der Waals surface area contributed by atoms with Crippen molar-refractivity contribution in [1.82, 2.24) is 5.32 Å². The van der Waals surface area contributed by atoms with Crippen molar-refractivity contribution in [3.8, 4) is 5.75 Å². The van der Waals surface area contributed by atoms with Gasteiger partial charge in [0.1, 0.15) is 5.75 Å². The average molecular weight is 299 g/mol. The second-order valence-corrected chi connectivity index (χ2v) is 6.88. The quantitative estimate of drug-likeness (QED) is 0.913. The molecule has 116 valence electrons. The summed E-state index contributed by atoms with van der Waals surface area (Å²) in [6.45, 7) is 4.13. The summed E-state index contributed by atoms with van der Waals surface area (Å²) >= 11 is 0. The van der Waals surface area contributed by atoms with Gasteiger partial charge >= 0.3 is 0 Å². The van der Waals surface area contributed by atoms with Crippen LogP contribution in [-0.4, -0.2) is 18.8 Å². The van der Waals surface area contributed by atoms with Gasteiger partial charge in [0.25, 0.3) is 0 Å². The van der Waals surface area contributed by atoms with Crippen LogP contribution in [0.2, 0.25) is 0 Å². The molecule has 1 aromatic rings. The van der Waals surface area contributed by atoms with E-state index in [0.717, 1.165) is 29.0 Å². The maximum atomic E-state index is 12.7. The van der Waals surface area contributed by atoms with Crippen molar-refractivity contribution in [2.75, 3.05) is 7.11 Å². The Kier molecular flexibility index (Phi) is 3.55. The Morgan fingerprint density at radius 2 is 1.91 bits per heavy atom. The van der Waals surface area contributed by atoms with Crippen LogP contribution in [0.3, 0.4) is 0 Å². The Labute approximate surface area is 130 Å². The molecule has 2 aliphatic rings. The van der Waals surface area contributed by atoms with Gasteiger partial charge in [0.2, 0.25) is 5.91 Å². The van der Waals surface area contributed by atoms with Crippen molar-refractivity contribution >= 4 is 11.7 Å². The van der Waals surface area contributed by atoms with Crippen LogP contribution >= 0.6 is 0 Å². The lowest BCUT2D eigenvalue weighted by atomic mass is 9.70. The summed E-state index contributed by atoms with van der Waals surface area (Å²) in [4.78, 5) is 24.8. The largest absolute Gasteiger partial charge is 0.496 e. The summed E-state index contributed by atoms with van der Waals surface area (Å²) < 4.78 is 5.42. The van der Waals surface area contributed by atoms with Crippen molar-refractivity contribution in [2.45, 2.75) is 39.0 Å². The number of methoxy groups -OCH3 is 1. The van der Waals surface area contributed by atoms with Crippen molar-refractivity contribution in [1.29, 1.82) is 0 Å². The zero-order valence-electron chi connectivity index (χ0n) is 13.2. The molecule has 1 aromatic carbocycles. The summed E-state index contributed by atoms with van der Waals surface area (Å²) in [5, 5.41) is 2.92. The zero-order valence-corrected chi connectivity index (χ0v) is 13.2. The van der Waals surface area contributed by atoms with Gasteiger partial charge in [0, 0.05) is 35.6 Å². The molecule has 1 heterocycles. The highest BCUT2D eigenvalue weighted by Crippen LogP contribution is 2.45. The van der Waals surface area contributed by atoms with Gasteiger partial charge in [0.05, 0.1) is 7.11 Å². The van der Waals surface area contributed by atoms with E-state index in [9.17, 15) is 9.59 Å². The van der Waals surface area contributed by atoms with Crippen LogP contribution in [0.15, 0.2) is 35.5 Å². The molecule has 0 aromatic heterocycles. The molecule has 0 radical (unpaired) electrons. The molecule has 0 unspecified atom stereocenters. The van der Waals surface area contributed by atoms with Gasteiger partial charge < -0.3 is 10.1 Å². The number of ketones is 1. The van der Waals surface area contributed by atoms with Crippen LogP contribution in [0.5, 0.6) is 5.75 Å². The number of ether oxygens (including phenoxy) is 1. The fourth-order valence-electron chi connectivity index (χ4n) is 3.58. The predicted octanol–water partition coefficient (Wildman–Crippen LogP) is 2.94. The lowest BCUT2D eigenvalue weighted by Gasteiger charge is -2.38. The molecular weight excluding hydrogens is 278 g/mol. The molecule has 0 saturated carbocycles. The fraction of sp³-hybridized carbons (Fsp3) is 0.444. The molecule has 1 atom stereocenters. The zero-order chi connectivity index (χ0) is 15.9. The minimum Gasteiger partial charge on any atom is -0.496 e. The Hall–Kier alpha value is -2.10. The summed E-state index contributed by atoms with van der Waals surface area (Å²) in [7, 11) is 1.61. The van der Waals surface area contributed by atoms with Gasteiger partial charge in [-0.2, -0.15) is 0 Å². The van der Waals surface area contributed by atoms with Gasteiger partial charge in [-0.25, -0.2) is 0 Å². The summed E-state index contributed by atoms with van der Waals surface area (Å²) in [5.74, 6) is 0.637. The number of carbonyl (C=O) groups excluding carboxylic acids is 2. The highest BCUT2D eigenvalue weighted by atomic mass is 16.5. The highest BCUT2D eigenvalue weighted by Gasteiger charge is 2.41. The number of hydrogen-bond donors (Lipinski definition) is 1. The molecular formula is C18H21NO3. The topological polar surface area (TPSA) is 55.4 Å². The van der Waals surface area contributed by atoms with Crippen molar-refractivity contribution < 1.29 is 14.3 Å². The molecule has 0 spiro atoms. The highest BCUT2D eigenvalue weighted by molar-refractivity contribution is 6.02. The summed E-state index contributed by atoms with van der Waals surface area (Å²) in [6.07, 6.45) is 1.55. The number of carbonyl (C=O) groups is 2. The van der Waals surface area contributed by atoms with Gasteiger partial charge in [0.15, 0.2) is 5.78 Å². The predicted molar refractivity (Wildman–Crippen MR) is 83.5 cm³/mol. The lowest BCUT2D eigenvalue weighted by molar-refractivity contribution is -0.122. The minimum atomic E-state index is -0.205. The van der Waals surface area contributed by atoms with Crippen molar-refractivity contribution in [3.63, 3.8) is 0 Å². The van der Waals surface area contributed by atoms with Gasteiger partial charge in [-0.05, 0) is 17.9 Å². The third-order valence-corrected chi connectivity index (χ3v) is 4.46. The second kappa shape index (κ2) is 5.27. The number of para-hydroxylation sites is 1. The van der Waals surface area contributed by atoms with Crippen molar-refractivity contribution in [2.24, 2.45) is 5.41 Å². The molecule has 3 rings (SSSR count). The maximum absolute atomic E-state index is 12.7. The summed E-state index contributed by atoms with van der Waals surface area (Å²) in [6, 6.07) is 7.63. The van der Waals surface area contributed by atoms with Crippen LogP contribution in [-0.2, 0) is 9.59 Å². The van der Waals surface area contributed by atoms with Gasteiger partial charge in [-0.15, -0.1) is 0 Å². The first kappa shape index (κ1) is 14.8. The van der Waals surface area contributed by atoms with Crippen LogP contribution < -0.4 is 10.1 Å². The van der Waals surface area contributed by atoms with Crippen molar-refractivity contribution in [3.05, 3.63) is 41.1 Å². The molecule has 22 heavy (non-hydrogen) atoms. The number of allylic oxidation sites excluding steroid dienone is 2. The SMILES string of the molecule is COc1ccccc1[C@H]1CC(=O)NC2=C1C(=O)CC(C)(C)C2. The normalized spacial score (nSPS) is 23.9. The number of amides is 1. The standard InChI is InChI=1S/C18H21NO3/c1-18(2)9-13-17(14(20)10-18)12(8-16(21)19-13)11-6-4-5-7-15(11)22-3/h4-7,12H,8-10H2,1-3H3,(H,19,21)/t12-/m1/s1. The number of nitrogens with one attached hydrogen (secondary N) is 1. The molecule has 4 nitrogen and oxygen atoms in total. The Morgan fingerprint density at radius 1 is 1.18 bits per heavy atom. The molecule has 1 N–H and O–H groups in total. The molecule has 0 saturated heterocycles. The van der Waals surface area contributed by atoms with Crippen LogP contribution in [0.25, 0.3) is 0 Å². The fourth-order valence-corrected chi connectivity index (χ4v) is 3.58. The van der Waals surface area contributed by atoms with E-state index >= 15 is 0 Å². The monoisotopic (exact) mass is 299 g/mol. The first-order valence-electron chi connectivity index (χ1n) is 7.60. The van der Waals surface area contributed by atoms with E-state index in [1.807, 2.05) is 24.3 Å². The van der Waals surface area contributed by atoms with E-state index in [2.05, 4.69) is 19.2 Å². The Morgan fingerprint density at radius 3 is 2.64 bits per heavy atom. The molecule has 4 heteroatoms. The van der Waals surface area contributed by atoms with Crippen LogP contribution in [0.4, 0.5) is 0 Å². The first-order chi connectivity index (χ1) is 10.4. The van der Waals surface area contributed by atoms with E-state index in [1.165, 1.54) is 0 Å². The number of Topliss-reactive ketones (excluding diaryl/α,β-unsaturated/α-hetero) is 1. The van der Waals surface area contributed by atoms with E-state index in [4.69, 9.17) is 4.74 Å². The Bertz CT molecular complexity index is 673. The lowest BCUT2D eigenvalue weighted by Crippen LogP contribution is -2.40. The maximum Gasteiger partial charge on any atom is 0.225 e. The van der Waals surface area contributed by atoms with Gasteiger partial charge in [-0.3, -0.25) is 9.59 Å². The second-order valence-electron chi connectivity index (χ2n) is 6.88. The van der Waals surface area contributed by atoms with Crippen LogP contribution in [0, 0.1) is 5.41 Å². The van der Waals surface area contributed by atoms with E-state index in [0.29, 0.717) is 12.8 Å². The van der Waals surface area contributed by atoms with Crippen LogP contribution in [0.1, 0.15) is 44.6 Å². The molecule has 1 aliphatic carbocycles. The Balaban J connectivity index is 2.11. The number of benzene rings is 1. The smallest absolute Gasteiger partial charge is 0.225 e. The average Bonchev–Trinajstić information content (AvgIpc) is 2.44. The third-order valence-electron chi connectivity index (χ3n) is 4.46. The third kappa shape index (κ3) is 2.54.